The minimum atomic E-state index is -0.823. The number of amides is 2. The molecule has 1 unspecified atom stereocenters. The van der Waals surface area contributed by atoms with Crippen LogP contribution in [0.4, 0.5) is 4.79 Å². The van der Waals surface area contributed by atoms with E-state index in [-0.39, 0.29) is 6.03 Å². The summed E-state index contributed by atoms with van der Waals surface area (Å²) in [5.41, 5.74) is 2.67. The van der Waals surface area contributed by atoms with Crippen molar-refractivity contribution in [3.05, 3.63) is 16.1 Å². The van der Waals surface area contributed by atoms with Gasteiger partial charge in [0.2, 0.25) is 0 Å². The number of hydrogen-bond donors (Lipinski definition) is 2. The maximum absolute atomic E-state index is 12.0. The molecule has 2 heterocycles. The van der Waals surface area contributed by atoms with Gasteiger partial charge < -0.3 is 15.3 Å². The van der Waals surface area contributed by atoms with Gasteiger partial charge in [0.15, 0.2) is 0 Å². The fraction of sp³-hybridized carbons (Fsp3) is 0.583. The van der Waals surface area contributed by atoms with Crippen LogP contribution in [0.2, 0.25) is 0 Å². The summed E-state index contributed by atoms with van der Waals surface area (Å²) in [5.74, 6) is -1.26. The number of aliphatic carboxylic acids is 1. The zero-order valence-electron chi connectivity index (χ0n) is 10.8. The zero-order valence-corrected chi connectivity index (χ0v) is 11.6. The normalized spacial score (nSPS) is 19.2. The van der Waals surface area contributed by atoms with Crippen LogP contribution in [-0.2, 0) is 11.3 Å². The van der Waals surface area contributed by atoms with E-state index in [0.29, 0.717) is 26.1 Å². The minimum absolute atomic E-state index is 0.196. The van der Waals surface area contributed by atoms with E-state index in [9.17, 15) is 9.59 Å². The smallest absolute Gasteiger partial charge is 0.317 e. The number of rotatable bonds is 3. The standard InChI is InChI=1S/C12H17N3O3S/c1-8-10(19-7-14-8)5-13-12(18)15-4-2-3-9(6-15)11(16)17/h7,9H,2-6H2,1H3,(H,13,18)(H,16,17). The SMILES string of the molecule is Cc1ncsc1CNC(=O)N1CCCC(C(=O)O)C1. The molecule has 0 aromatic carbocycles. The number of carbonyl (C=O) groups excluding carboxylic acids is 1. The molecule has 0 saturated carbocycles. The molecule has 0 bridgehead atoms. The van der Waals surface area contributed by atoms with Gasteiger partial charge >= 0.3 is 12.0 Å². The molecule has 1 saturated heterocycles. The molecule has 0 aliphatic carbocycles. The Labute approximate surface area is 115 Å². The van der Waals surface area contributed by atoms with Gasteiger partial charge in [-0.2, -0.15) is 0 Å². The van der Waals surface area contributed by atoms with E-state index in [4.69, 9.17) is 5.11 Å². The van der Waals surface area contributed by atoms with Crippen molar-refractivity contribution in [3.8, 4) is 0 Å². The van der Waals surface area contributed by atoms with Gasteiger partial charge in [0.1, 0.15) is 0 Å². The molecule has 1 fully saturated rings. The van der Waals surface area contributed by atoms with Gasteiger partial charge in [-0.3, -0.25) is 4.79 Å². The van der Waals surface area contributed by atoms with E-state index in [0.717, 1.165) is 17.0 Å². The minimum Gasteiger partial charge on any atom is -0.481 e. The predicted octanol–water partition coefficient (Wildman–Crippen LogP) is 1.46. The Hall–Kier alpha value is -1.63. The van der Waals surface area contributed by atoms with Crippen molar-refractivity contribution in [3.63, 3.8) is 0 Å². The summed E-state index contributed by atoms with van der Waals surface area (Å²) in [6.45, 7) is 3.27. The first-order valence-electron chi connectivity index (χ1n) is 6.22. The maximum atomic E-state index is 12.0. The van der Waals surface area contributed by atoms with Gasteiger partial charge in [0.05, 0.1) is 23.7 Å². The van der Waals surface area contributed by atoms with E-state index in [1.807, 2.05) is 6.92 Å². The van der Waals surface area contributed by atoms with Crippen LogP contribution in [-0.4, -0.2) is 40.1 Å². The van der Waals surface area contributed by atoms with Gasteiger partial charge in [-0.15, -0.1) is 11.3 Å². The largest absolute Gasteiger partial charge is 0.481 e. The maximum Gasteiger partial charge on any atom is 0.317 e. The van der Waals surface area contributed by atoms with Gasteiger partial charge in [-0.1, -0.05) is 0 Å². The monoisotopic (exact) mass is 283 g/mol. The Morgan fingerprint density at radius 2 is 2.42 bits per heavy atom. The number of hydrogen-bond acceptors (Lipinski definition) is 4. The Morgan fingerprint density at radius 3 is 3.05 bits per heavy atom. The second kappa shape index (κ2) is 6.01. The number of thiazole rings is 1. The van der Waals surface area contributed by atoms with Gasteiger partial charge in [0, 0.05) is 18.0 Å². The third kappa shape index (κ3) is 3.44. The number of carboxylic acids is 1. The summed E-state index contributed by atoms with van der Waals surface area (Å²) >= 11 is 1.51. The highest BCUT2D eigenvalue weighted by atomic mass is 32.1. The highest BCUT2D eigenvalue weighted by Crippen LogP contribution is 2.17. The van der Waals surface area contributed by atoms with Crippen molar-refractivity contribution in [1.82, 2.24) is 15.2 Å². The molecule has 1 aromatic rings. The molecule has 19 heavy (non-hydrogen) atoms. The summed E-state index contributed by atoms with van der Waals surface area (Å²) in [4.78, 5) is 29.7. The molecular weight excluding hydrogens is 266 g/mol. The third-order valence-corrected chi connectivity index (χ3v) is 4.24. The van der Waals surface area contributed by atoms with Crippen LogP contribution in [0.5, 0.6) is 0 Å². The van der Waals surface area contributed by atoms with E-state index >= 15 is 0 Å². The topological polar surface area (TPSA) is 82.5 Å². The molecule has 2 rings (SSSR count). The Bertz CT molecular complexity index is 475. The molecule has 7 heteroatoms. The second-order valence-electron chi connectivity index (χ2n) is 4.64. The second-order valence-corrected chi connectivity index (χ2v) is 5.58. The number of carboxylic acid groups (broad SMARTS) is 1. The van der Waals surface area contributed by atoms with Gasteiger partial charge in [-0.25, -0.2) is 9.78 Å². The lowest BCUT2D eigenvalue weighted by Gasteiger charge is -2.30. The average Bonchev–Trinajstić information content (AvgIpc) is 2.81. The molecule has 2 amide bonds. The van der Waals surface area contributed by atoms with E-state index in [1.54, 1.807) is 10.4 Å². The van der Waals surface area contributed by atoms with Crippen molar-refractivity contribution in [2.24, 2.45) is 5.92 Å². The Morgan fingerprint density at radius 1 is 1.63 bits per heavy atom. The van der Waals surface area contributed by atoms with Crippen LogP contribution in [0.3, 0.4) is 0 Å². The van der Waals surface area contributed by atoms with Crippen molar-refractivity contribution in [1.29, 1.82) is 0 Å². The van der Waals surface area contributed by atoms with Gasteiger partial charge in [0.25, 0.3) is 0 Å². The summed E-state index contributed by atoms with van der Waals surface area (Å²) in [6.07, 6.45) is 1.39. The van der Waals surface area contributed by atoms with Gasteiger partial charge in [-0.05, 0) is 19.8 Å². The van der Waals surface area contributed by atoms with Crippen LogP contribution < -0.4 is 5.32 Å². The summed E-state index contributed by atoms with van der Waals surface area (Å²) in [6, 6.07) is -0.196. The first-order chi connectivity index (χ1) is 9.08. The van der Waals surface area contributed by atoms with E-state index in [2.05, 4.69) is 10.3 Å². The molecule has 1 aliphatic rings. The van der Waals surface area contributed by atoms with Crippen LogP contribution in [0.1, 0.15) is 23.4 Å². The quantitative estimate of drug-likeness (QED) is 0.879. The lowest BCUT2D eigenvalue weighted by atomic mass is 9.99. The molecule has 1 atom stereocenters. The average molecular weight is 283 g/mol. The van der Waals surface area contributed by atoms with Crippen LogP contribution in [0, 0.1) is 12.8 Å². The fourth-order valence-electron chi connectivity index (χ4n) is 2.13. The number of likely N-dealkylation sites (tertiary alicyclic amines) is 1. The fourth-order valence-corrected chi connectivity index (χ4v) is 2.84. The number of urea groups is 1. The summed E-state index contributed by atoms with van der Waals surface area (Å²) in [5, 5.41) is 11.8. The van der Waals surface area contributed by atoms with Crippen molar-refractivity contribution < 1.29 is 14.7 Å². The molecule has 1 aliphatic heterocycles. The zero-order chi connectivity index (χ0) is 13.8. The predicted molar refractivity (Wildman–Crippen MR) is 71.0 cm³/mol. The van der Waals surface area contributed by atoms with Crippen LogP contribution in [0.25, 0.3) is 0 Å². The first kappa shape index (κ1) is 13.8. The molecule has 6 nitrogen and oxygen atoms in total. The first-order valence-corrected chi connectivity index (χ1v) is 7.10. The number of nitrogens with zero attached hydrogens (tertiary/aromatic N) is 2. The lowest BCUT2D eigenvalue weighted by molar-refractivity contribution is -0.143. The van der Waals surface area contributed by atoms with Crippen LogP contribution >= 0.6 is 11.3 Å². The molecule has 104 valence electrons. The number of aromatic nitrogens is 1. The Kier molecular flexibility index (Phi) is 4.36. The number of aryl methyl sites for hydroxylation is 1. The number of carbonyl (C=O) groups is 2. The van der Waals surface area contributed by atoms with E-state index in [1.165, 1.54) is 11.3 Å². The number of nitrogens with one attached hydrogen (secondary N) is 1. The van der Waals surface area contributed by atoms with Crippen molar-refractivity contribution >= 4 is 23.3 Å². The highest BCUT2D eigenvalue weighted by Gasteiger charge is 2.27. The molecule has 2 N–H and O–H groups in total. The molecule has 0 spiro atoms. The lowest BCUT2D eigenvalue weighted by Crippen LogP contribution is -2.46. The van der Waals surface area contributed by atoms with E-state index < -0.39 is 11.9 Å². The summed E-state index contributed by atoms with van der Waals surface area (Å²) < 4.78 is 0. The molecule has 0 radical (unpaired) electrons. The van der Waals surface area contributed by atoms with Crippen molar-refractivity contribution in [2.45, 2.75) is 26.3 Å². The number of piperidine rings is 1. The third-order valence-electron chi connectivity index (χ3n) is 3.30. The van der Waals surface area contributed by atoms with Crippen molar-refractivity contribution in [2.75, 3.05) is 13.1 Å². The molecule has 1 aromatic heterocycles. The Balaban J connectivity index is 1.86. The highest BCUT2D eigenvalue weighted by molar-refractivity contribution is 7.09. The van der Waals surface area contributed by atoms with Crippen LogP contribution in [0.15, 0.2) is 5.51 Å². The molecular formula is C12H17N3O3S. The summed E-state index contributed by atoms with van der Waals surface area (Å²) in [7, 11) is 0.